The summed E-state index contributed by atoms with van der Waals surface area (Å²) in [5, 5.41) is 8.98. The molecule has 0 unspecified atom stereocenters. The summed E-state index contributed by atoms with van der Waals surface area (Å²) < 4.78 is 27.4. The van der Waals surface area contributed by atoms with Gasteiger partial charge in [0.2, 0.25) is 0 Å². The Morgan fingerprint density at radius 2 is 1.67 bits per heavy atom. The Bertz CT molecular complexity index is 609. The molecule has 5 heteroatoms. The van der Waals surface area contributed by atoms with Crippen molar-refractivity contribution < 1.29 is 18.7 Å². The predicted octanol–water partition coefficient (Wildman–Crippen LogP) is 3.66. The fourth-order valence-electron chi connectivity index (χ4n) is 1.47. The van der Waals surface area contributed by atoms with E-state index in [1.165, 1.54) is 12.1 Å². The lowest BCUT2D eigenvalue weighted by molar-refractivity contribution is 0.103. The SMILES string of the molecule is O=C(c1ccc(Br)cc1)c1cc(F)c(O)cc1F. The van der Waals surface area contributed by atoms with Gasteiger partial charge >= 0.3 is 0 Å². The maximum Gasteiger partial charge on any atom is 0.196 e. The maximum absolute atomic E-state index is 13.5. The summed E-state index contributed by atoms with van der Waals surface area (Å²) in [7, 11) is 0. The monoisotopic (exact) mass is 312 g/mol. The van der Waals surface area contributed by atoms with E-state index in [1.54, 1.807) is 12.1 Å². The van der Waals surface area contributed by atoms with Gasteiger partial charge in [-0.1, -0.05) is 15.9 Å². The molecule has 0 saturated heterocycles. The smallest absolute Gasteiger partial charge is 0.196 e. The summed E-state index contributed by atoms with van der Waals surface area (Å²) in [5.41, 5.74) is -0.171. The van der Waals surface area contributed by atoms with E-state index in [0.29, 0.717) is 12.1 Å². The first-order valence-corrected chi connectivity index (χ1v) is 5.76. The molecule has 0 aromatic heterocycles. The summed E-state index contributed by atoms with van der Waals surface area (Å²) in [5.74, 6) is -3.45. The average Bonchev–Trinajstić information content (AvgIpc) is 2.34. The van der Waals surface area contributed by atoms with Crippen LogP contribution in [0.15, 0.2) is 40.9 Å². The fourth-order valence-corrected chi connectivity index (χ4v) is 1.73. The van der Waals surface area contributed by atoms with Crippen molar-refractivity contribution in [2.75, 3.05) is 0 Å². The van der Waals surface area contributed by atoms with Gasteiger partial charge in [-0.15, -0.1) is 0 Å². The summed E-state index contributed by atoms with van der Waals surface area (Å²) in [6.07, 6.45) is 0. The number of benzene rings is 2. The molecular formula is C13H7BrF2O2. The minimum absolute atomic E-state index is 0.238. The number of phenolic OH excluding ortho intramolecular Hbond substituents is 1. The number of rotatable bonds is 2. The van der Waals surface area contributed by atoms with E-state index >= 15 is 0 Å². The molecule has 0 spiro atoms. The highest BCUT2D eigenvalue weighted by molar-refractivity contribution is 9.10. The first-order chi connectivity index (χ1) is 8.49. The summed E-state index contributed by atoms with van der Waals surface area (Å²) >= 11 is 3.21. The second-order valence-electron chi connectivity index (χ2n) is 3.62. The van der Waals surface area contributed by atoms with Gasteiger partial charge in [0.1, 0.15) is 5.82 Å². The van der Waals surface area contributed by atoms with Crippen molar-refractivity contribution in [2.45, 2.75) is 0 Å². The van der Waals surface area contributed by atoms with Crippen molar-refractivity contribution in [3.05, 3.63) is 63.6 Å². The molecule has 0 aliphatic heterocycles. The molecule has 2 aromatic rings. The van der Waals surface area contributed by atoms with Crippen LogP contribution >= 0.6 is 15.9 Å². The predicted molar refractivity (Wildman–Crippen MR) is 65.6 cm³/mol. The van der Waals surface area contributed by atoms with Gasteiger partial charge in [-0.3, -0.25) is 4.79 Å². The summed E-state index contributed by atoms with van der Waals surface area (Å²) in [4.78, 5) is 11.9. The number of halogens is 3. The van der Waals surface area contributed by atoms with Crippen LogP contribution in [0.5, 0.6) is 5.75 Å². The van der Waals surface area contributed by atoms with E-state index in [4.69, 9.17) is 5.11 Å². The first kappa shape index (κ1) is 12.7. The third-order valence-electron chi connectivity index (χ3n) is 2.39. The molecule has 2 nitrogen and oxygen atoms in total. The number of carbonyl (C=O) groups is 1. The largest absolute Gasteiger partial charge is 0.505 e. The number of phenols is 1. The van der Waals surface area contributed by atoms with Crippen LogP contribution in [0.3, 0.4) is 0 Å². The number of carbonyl (C=O) groups excluding carboxylic acids is 1. The number of ketones is 1. The quantitative estimate of drug-likeness (QED) is 0.859. The standard InChI is InChI=1S/C13H7BrF2O2/c14-8-3-1-7(2-4-8)13(18)9-5-11(16)12(17)6-10(9)15/h1-6,17H. The van der Waals surface area contributed by atoms with Gasteiger partial charge in [0, 0.05) is 16.1 Å². The molecule has 92 valence electrons. The number of aromatic hydroxyl groups is 1. The molecule has 0 aliphatic rings. The van der Waals surface area contributed by atoms with Gasteiger partial charge in [0.05, 0.1) is 5.56 Å². The summed E-state index contributed by atoms with van der Waals surface area (Å²) in [6, 6.07) is 7.52. The van der Waals surface area contributed by atoms with E-state index < -0.39 is 28.7 Å². The van der Waals surface area contributed by atoms with E-state index in [9.17, 15) is 13.6 Å². The molecule has 0 atom stereocenters. The van der Waals surface area contributed by atoms with Crippen molar-refractivity contribution in [3.63, 3.8) is 0 Å². The molecule has 18 heavy (non-hydrogen) atoms. The van der Waals surface area contributed by atoms with Gasteiger partial charge in [0.25, 0.3) is 0 Å². The van der Waals surface area contributed by atoms with E-state index in [-0.39, 0.29) is 5.56 Å². The van der Waals surface area contributed by atoms with Crippen LogP contribution in [0.4, 0.5) is 8.78 Å². The zero-order valence-corrected chi connectivity index (χ0v) is 10.5. The Labute approximate surface area is 110 Å². The molecule has 2 aromatic carbocycles. The van der Waals surface area contributed by atoms with Crippen molar-refractivity contribution in [2.24, 2.45) is 0 Å². The molecular weight excluding hydrogens is 306 g/mol. The van der Waals surface area contributed by atoms with Gasteiger partial charge in [-0.25, -0.2) is 8.78 Å². The molecule has 0 bridgehead atoms. The third-order valence-corrected chi connectivity index (χ3v) is 2.92. The molecule has 0 radical (unpaired) electrons. The van der Waals surface area contributed by atoms with Crippen LogP contribution in [0, 0.1) is 11.6 Å². The van der Waals surface area contributed by atoms with Crippen LogP contribution in [0.25, 0.3) is 0 Å². The van der Waals surface area contributed by atoms with Crippen molar-refractivity contribution >= 4 is 21.7 Å². The lowest BCUT2D eigenvalue weighted by atomic mass is 10.0. The van der Waals surface area contributed by atoms with Gasteiger partial charge in [-0.2, -0.15) is 0 Å². The van der Waals surface area contributed by atoms with Gasteiger partial charge in [0.15, 0.2) is 17.3 Å². The molecule has 0 heterocycles. The highest BCUT2D eigenvalue weighted by atomic mass is 79.9. The zero-order chi connectivity index (χ0) is 13.3. The minimum atomic E-state index is -1.03. The second kappa shape index (κ2) is 4.86. The number of hydrogen-bond acceptors (Lipinski definition) is 2. The van der Waals surface area contributed by atoms with Crippen molar-refractivity contribution in [1.82, 2.24) is 0 Å². The van der Waals surface area contributed by atoms with Crippen LogP contribution in [0.2, 0.25) is 0 Å². The second-order valence-corrected chi connectivity index (χ2v) is 4.54. The average molecular weight is 313 g/mol. The van der Waals surface area contributed by atoms with E-state index in [0.717, 1.165) is 4.47 Å². The van der Waals surface area contributed by atoms with Crippen LogP contribution in [-0.4, -0.2) is 10.9 Å². The molecule has 0 fully saturated rings. The fraction of sp³-hybridized carbons (Fsp3) is 0. The molecule has 0 amide bonds. The van der Waals surface area contributed by atoms with Crippen LogP contribution in [0.1, 0.15) is 15.9 Å². The Hall–Kier alpha value is -1.75. The molecule has 0 aliphatic carbocycles. The van der Waals surface area contributed by atoms with Gasteiger partial charge < -0.3 is 5.11 Å². The zero-order valence-electron chi connectivity index (χ0n) is 8.95. The third kappa shape index (κ3) is 2.41. The Morgan fingerprint density at radius 3 is 2.28 bits per heavy atom. The van der Waals surface area contributed by atoms with Gasteiger partial charge in [-0.05, 0) is 30.3 Å². The lowest BCUT2D eigenvalue weighted by Crippen LogP contribution is -2.05. The van der Waals surface area contributed by atoms with Crippen LogP contribution < -0.4 is 0 Å². The molecule has 1 N–H and O–H groups in total. The minimum Gasteiger partial charge on any atom is -0.505 e. The van der Waals surface area contributed by atoms with Crippen molar-refractivity contribution in [1.29, 1.82) is 0 Å². The highest BCUT2D eigenvalue weighted by Gasteiger charge is 2.17. The lowest BCUT2D eigenvalue weighted by Gasteiger charge is -2.04. The Morgan fingerprint density at radius 1 is 1.06 bits per heavy atom. The number of hydrogen-bond donors (Lipinski definition) is 1. The van der Waals surface area contributed by atoms with Crippen LogP contribution in [-0.2, 0) is 0 Å². The maximum atomic E-state index is 13.5. The molecule has 0 saturated carbocycles. The first-order valence-electron chi connectivity index (χ1n) is 4.97. The normalized spacial score (nSPS) is 10.4. The topological polar surface area (TPSA) is 37.3 Å². The Balaban J connectivity index is 2.46. The Kier molecular flexibility index (Phi) is 3.43. The van der Waals surface area contributed by atoms with E-state index in [2.05, 4.69) is 15.9 Å². The van der Waals surface area contributed by atoms with Crippen molar-refractivity contribution in [3.8, 4) is 5.75 Å². The summed E-state index contributed by atoms with van der Waals surface area (Å²) in [6.45, 7) is 0. The van der Waals surface area contributed by atoms with E-state index in [1.807, 2.05) is 0 Å². The highest BCUT2D eigenvalue weighted by Crippen LogP contribution is 2.22. The molecule has 2 rings (SSSR count).